The van der Waals surface area contributed by atoms with Crippen molar-refractivity contribution in [2.24, 2.45) is 0 Å². The Morgan fingerprint density at radius 2 is 1.53 bits per heavy atom. The van der Waals surface area contributed by atoms with Crippen molar-refractivity contribution in [1.29, 1.82) is 0 Å². The van der Waals surface area contributed by atoms with Gasteiger partial charge in [-0.1, -0.05) is 36.4 Å². The summed E-state index contributed by atoms with van der Waals surface area (Å²) in [6.07, 6.45) is 5.55. The van der Waals surface area contributed by atoms with Gasteiger partial charge in [-0.25, -0.2) is 0 Å². The van der Waals surface area contributed by atoms with E-state index in [1.54, 1.807) is 6.20 Å². The number of nitrogens with zero attached hydrogens (tertiary/aromatic N) is 2. The summed E-state index contributed by atoms with van der Waals surface area (Å²) in [5.74, 6) is 0. The summed E-state index contributed by atoms with van der Waals surface area (Å²) in [6.45, 7) is 2.04. The first-order valence-corrected chi connectivity index (χ1v) is 6.26. The van der Waals surface area contributed by atoms with E-state index < -0.39 is 0 Å². The zero-order valence-electron chi connectivity index (χ0n) is 10.7. The van der Waals surface area contributed by atoms with Gasteiger partial charge in [0.1, 0.15) is 0 Å². The maximum Gasteiger partial charge on any atom is 0.0702 e. The second-order valence-electron chi connectivity index (χ2n) is 4.54. The molecule has 1 aromatic carbocycles. The monoisotopic (exact) mass is 246 g/mol. The van der Waals surface area contributed by atoms with Crippen LogP contribution in [0.3, 0.4) is 0 Å². The molecule has 19 heavy (non-hydrogen) atoms. The minimum atomic E-state index is 1.00. The van der Waals surface area contributed by atoms with Gasteiger partial charge in [-0.05, 0) is 35.7 Å². The quantitative estimate of drug-likeness (QED) is 0.679. The van der Waals surface area contributed by atoms with Crippen LogP contribution >= 0.6 is 0 Å². The molecule has 2 aromatic heterocycles. The van der Waals surface area contributed by atoms with Crippen molar-refractivity contribution in [3.8, 4) is 22.4 Å². The van der Waals surface area contributed by atoms with Gasteiger partial charge in [0, 0.05) is 24.2 Å². The number of aryl methyl sites for hydroxylation is 1. The fourth-order valence-corrected chi connectivity index (χ4v) is 2.01. The second-order valence-corrected chi connectivity index (χ2v) is 4.54. The molecule has 0 unspecified atom stereocenters. The Kier molecular flexibility index (Phi) is 3.07. The minimum Gasteiger partial charge on any atom is -0.264 e. The molecule has 0 amide bonds. The minimum absolute atomic E-state index is 1.00. The zero-order valence-corrected chi connectivity index (χ0v) is 10.7. The number of pyridine rings is 2. The Hall–Kier alpha value is -2.48. The second kappa shape index (κ2) is 5.02. The zero-order chi connectivity index (χ0) is 13.1. The molecule has 0 N–H and O–H groups in total. The molecular weight excluding hydrogens is 232 g/mol. The number of benzene rings is 1. The van der Waals surface area contributed by atoms with Crippen molar-refractivity contribution >= 4 is 0 Å². The summed E-state index contributed by atoms with van der Waals surface area (Å²) in [7, 11) is 0. The lowest BCUT2D eigenvalue weighted by Gasteiger charge is -2.04. The Morgan fingerprint density at radius 3 is 2.16 bits per heavy atom. The molecule has 2 nitrogen and oxygen atoms in total. The van der Waals surface area contributed by atoms with E-state index in [4.69, 9.17) is 0 Å². The third-order valence-corrected chi connectivity index (χ3v) is 3.09. The van der Waals surface area contributed by atoms with Crippen LogP contribution in [-0.2, 0) is 0 Å². The van der Waals surface area contributed by atoms with Gasteiger partial charge in [0.05, 0.1) is 5.69 Å². The van der Waals surface area contributed by atoms with E-state index in [9.17, 15) is 0 Å². The van der Waals surface area contributed by atoms with Crippen LogP contribution in [0.5, 0.6) is 0 Å². The lowest BCUT2D eigenvalue weighted by molar-refractivity contribution is 1.27. The first-order chi connectivity index (χ1) is 9.33. The summed E-state index contributed by atoms with van der Waals surface area (Å²) < 4.78 is 0. The Morgan fingerprint density at radius 1 is 0.737 bits per heavy atom. The Labute approximate surface area is 112 Å². The predicted octanol–water partition coefficient (Wildman–Crippen LogP) is 4.12. The number of aromatic nitrogens is 2. The maximum atomic E-state index is 4.44. The van der Waals surface area contributed by atoms with Gasteiger partial charge in [0.15, 0.2) is 0 Å². The molecule has 0 fully saturated rings. The first kappa shape index (κ1) is 11.6. The van der Waals surface area contributed by atoms with Crippen LogP contribution in [0.1, 0.15) is 5.56 Å². The fourth-order valence-electron chi connectivity index (χ4n) is 2.01. The summed E-state index contributed by atoms with van der Waals surface area (Å²) in [5, 5.41) is 0. The molecule has 0 aliphatic rings. The topological polar surface area (TPSA) is 25.8 Å². The van der Waals surface area contributed by atoms with Crippen molar-refractivity contribution < 1.29 is 0 Å². The van der Waals surface area contributed by atoms with Crippen LogP contribution in [0.2, 0.25) is 0 Å². The average molecular weight is 246 g/mol. The summed E-state index contributed by atoms with van der Waals surface area (Å²) in [5.41, 5.74) is 5.61. The highest BCUT2D eigenvalue weighted by atomic mass is 14.7. The molecule has 0 aliphatic heterocycles. The molecule has 0 bridgehead atoms. The van der Waals surface area contributed by atoms with Crippen molar-refractivity contribution in [3.05, 3.63) is 72.7 Å². The first-order valence-electron chi connectivity index (χ1n) is 6.26. The lowest BCUT2D eigenvalue weighted by Crippen LogP contribution is -1.85. The highest BCUT2D eigenvalue weighted by Gasteiger charge is 2.01. The number of rotatable bonds is 2. The maximum absolute atomic E-state index is 4.44. The summed E-state index contributed by atoms with van der Waals surface area (Å²) in [4.78, 5) is 8.58. The Balaban J connectivity index is 1.93. The molecule has 0 atom stereocenters. The summed E-state index contributed by atoms with van der Waals surface area (Å²) in [6, 6.07) is 16.5. The molecule has 0 saturated heterocycles. The Bertz CT molecular complexity index is 656. The van der Waals surface area contributed by atoms with Crippen LogP contribution < -0.4 is 0 Å². The van der Waals surface area contributed by atoms with Gasteiger partial charge < -0.3 is 0 Å². The molecular formula is C17H14N2. The fraction of sp³-hybridized carbons (Fsp3) is 0.0588. The largest absolute Gasteiger partial charge is 0.264 e. The van der Waals surface area contributed by atoms with Crippen LogP contribution in [-0.4, -0.2) is 9.97 Å². The lowest BCUT2D eigenvalue weighted by atomic mass is 10.0. The molecule has 2 heteroatoms. The van der Waals surface area contributed by atoms with E-state index in [1.165, 1.54) is 11.1 Å². The van der Waals surface area contributed by atoms with Crippen molar-refractivity contribution in [3.63, 3.8) is 0 Å². The predicted molar refractivity (Wildman–Crippen MR) is 77.6 cm³/mol. The SMILES string of the molecule is Cc1ccc(-c2ccc(-c3cccnc3)cc2)nc1. The van der Waals surface area contributed by atoms with E-state index in [2.05, 4.69) is 52.4 Å². The van der Waals surface area contributed by atoms with Gasteiger partial charge in [0.2, 0.25) is 0 Å². The molecule has 0 spiro atoms. The van der Waals surface area contributed by atoms with E-state index in [0.29, 0.717) is 0 Å². The van der Waals surface area contributed by atoms with Gasteiger partial charge in [-0.3, -0.25) is 9.97 Å². The molecule has 3 aromatic rings. The van der Waals surface area contributed by atoms with Crippen molar-refractivity contribution in [1.82, 2.24) is 9.97 Å². The van der Waals surface area contributed by atoms with Crippen LogP contribution in [0, 0.1) is 6.92 Å². The van der Waals surface area contributed by atoms with Gasteiger partial charge >= 0.3 is 0 Å². The molecule has 2 heterocycles. The number of hydrogen-bond acceptors (Lipinski definition) is 2. The molecule has 0 aliphatic carbocycles. The van der Waals surface area contributed by atoms with Crippen LogP contribution in [0.4, 0.5) is 0 Å². The van der Waals surface area contributed by atoms with Gasteiger partial charge in [-0.15, -0.1) is 0 Å². The highest BCUT2D eigenvalue weighted by molar-refractivity contribution is 5.68. The normalized spacial score (nSPS) is 10.4. The third-order valence-electron chi connectivity index (χ3n) is 3.09. The average Bonchev–Trinajstić information content (AvgIpc) is 2.49. The van der Waals surface area contributed by atoms with E-state index in [-0.39, 0.29) is 0 Å². The van der Waals surface area contributed by atoms with Crippen molar-refractivity contribution in [2.75, 3.05) is 0 Å². The smallest absolute Gasteiger partial charge is 0.0702 e. The van der Waals surface area contributed by atoms with Crippen LogP contribution in [0.25, 0.3) is 22.4 Å². The highest BCUT2D eigenvalue weighted by Crippen LogP contribution is 2.23. The molecule has 3 rings (SSSR count). The number of hydrogen-bond donors (Lipinski definition) is 0. The van der Waals surface area contributed by atoms with Gasteiger partial charge in [0.25, 0.3) is 0 Å². The van der Waals surface area contributed by atoms with Gasteiger partial charge in [-0.2, -0.15) is 0 Å². The van der Waals surface area contributed by atoms with Crippen LogP contribution in [0.15, 0.2) is 67.1 Å². The van der Waals surface area contributed by atoms with E-state index in [1.807, 2.05) is 25.4 Å². The third kappa shape index (κ3) is 2.52. The molecule has 0 saturated carbocycles. The summed E-state index contributed by atoms with van der Waals surface area (Å²) >= 11 is 0. The van der Waals surface area contributed by atoms with E-state index in [0.717, 1.165) is 16.8 Å². The molecule has 92 valence electrons. The van der Waals surface area contributed by atoms with Crippen molar-refractivity contribution in [2.45, 2.75) is 6.92 Å². The van der Waals surface area contributed by atoms with E-state index >= 15 is 0 Å². The molecule has 0 radical (unpaired) electrons. The standard InChI is InChI=1S/C17H14N2/c1-13-4-9-17(19-11-13)15-7-5-14(6-8-15)16-3-2-10-18-12-16/h2-12H,1H3.